The van der Waals surface area contributed by atoms with Gasteiger partial charge >= 0.3 is 11.9 Å². The van der Waals surface area contributed by atoms with Crippen LogP contribution in [0, 0.1) is 0 Å². The van der Waals surface area contributed by atoms with Gasteiger partial charge in [0.2, 0.25) is 0 Å². The van der Waals surface area contributed by atoms with Gasteiger partial charge in [0.25, 0.3) is 0 Å². The first-order valence-corrected chi connectivity index (χ1v) is 18.9. The molecule has 0 radical (unpaired) electrons. The van der Waals surface area contributed by atoms with E-state index in [0.717, 1.165) is 38.5 Å². The zero-order chi connectivity index (χ0) is 33.4. The molecule has 0 bridgehead atoms. The second kappa shape index (κ2) is 39.9. The molecule has 0 aliphatic heterocycles. The Morgan fingerprint density at radius 2 is 0.522 bits per heavy atom. The van der Waals surface area contributed by atoms with E-state index >= 15 is 0 Å². The van der Waals surface area contributed by atoms with E-state index in [1.807, 2.05) is 0 Å². The summed E-state index contributed by atoms with van der Waals surface area (Å²) in [5.41, 5.74) is 0. The van der Waals surface area contributed by atoms with Crippen LogP contribution in [0.4, 0.5) is 0 Å². The molecule has 0 unspecified atom stereocenters. The maximum absolute atomic E-state index is 11.9. The van der Waals surface area contributed by atoms with Crippen molar-refractivity contribution in [2.24, 2.45) is 0 Å². The molecule has 0 aliphatic rings. The van der Waals surface area contributed by atoms with Crippen LogP contribution in [-0.2, 0) is 42.7 Å². The Morgan fingerprint density at radius 3 is 0.804 bits per heavy atom. The highest BCUT2D eigenvalue weighted by molar-refractivity contribution is 5.69. The van der Waals surface area contributed by atoms with Gasteiger partial charge in [-0.25, -0.2) is 0 Å². The van der Waals surface area contributed by atoms with Crippen LogP contribution in [0.25, 0.3) is 0 Å². The van der Waals surface area contributed by atoms with Crippen LogP contribution in [0.5, 0.6) is 0 Å². The minimum atomic E-state index is -0.150. The molecule has 0 aromatic rings. The van der Waals surface area contributed by atoms with Gasteiger partial charge in [-0.3, -0.25) is 9.59 Å². The molecule has 9 heteroatoms. The fourth-order valence-electron chi connectivity index (χ4n) is 4.89. The second-order valence-electron chi connectivity index (χ2n) is 12.0. The summed E-state index contributed by atoms with van der Waals surface area (Å²) in [5, 5.41) is 0. The molecular weight excluding hydrogens is 588 g/mol. The summed E-state index contributed by atoms with van der Waals surface area (Å²) in [4.78, 5) is 23.4. The monoisotopic (exact) mass is 661 g/mol. The van der Waals surface area contributed by atoms with Crippen molar-refractivity contribution in [3.63, 3.8) is 0 Å². The molecule has 0 aliphatic carbocycles. The highest BCUT2D eigenvalue weighted by Gasteiger charge is 2.04. The summed E-state index contributed by atoms with van der Waals surface area (Å²) in [6.07, 6.45) is 25.0. The molecule has 9 nitrogen and oxygen atoms in total. The first kappa shape index (κ1) is 44.7. The smallest absolute Gasteiger partial charge is 0.305 e. The van der Waals surface area contributed by atoms with Gasteiger partial charge < -0.3 is 33.2 Å². The van der Waals surface area contributed by atoms with Gasteiger partial charge in [-0.2, -0.15) is 0 Å². The molecule has 46 heavy (non-hydrogen) atoms. The fraction of sp³-hybridized carbons (Fsp3) is 0.946. The van der Waals surface area contributed by atoms with E-state index in [1.54, 1.807) is 0 Å². The summed E-state index contributed by atoms with van der Waals surface area (Å²) in [6, 6.07) is 0. The van der Waals surface area contributed by atoms with Crippen LogP contribution in [0.1, 0.15) is 149 Å². The summed E-state index contributed by atoms with van der Waals surface area (Å²) in [5.74, 6) is -0.280. The van der Waals surface area contributed by atoms with Gasteiger partial charge in [0, 0.05) is 12.8 Å². The lowest BCUT2D eigenvalue weighted by Crippen LogP contribution is -2.15. The third kappa shape index (κ3) is 38.9. The summed E-state index contributed by atoms with van der Waals surface area (Å²) >= 11 is 0. The fourth-order valence-corrected chi connectivity index (χ4v) is 4.89. The Labute approximate surface area is 282 Å². The van der Waals surface area contributed by atoms with Gasteiger partial charge in [-0.15, -0.1) is 0 Å². The maximum Gasteiger partial charge on any atom is 0.305 e. The molecular formula is C37H72O9. The normalized spacial score (nSPS) is 11.3. The van der Waals surface area contributed by atoms with E-state index in [9.17, 15) is 9.59 Å². The Kier molecular flexibility index (Phi) is 38.8. The van der Waals surface area contributed by atoms with E-state index in [-0.39, 0.29) is 18.5 Å². The van der Waals surface area contributed by atoms with Crippen LogP contribution in [-0.4, -0.2) is 91.2 Å². The number of carbonyl (C=O) groups excluding carboxylic acids is 2. The molecule has 0 fully saturated rings. The lowest BCUT2D eigenvalue weighted by atomic mass is 10.0. The van der Waals surface area contributed by atoms with E-state index in [2.05, 4.69) is 13.8 Å². The quantitative estimate of drug-likeness (QED) is 0.0475. The molecule has 0 amide bonds. The first-order valence-electron chi connectivity index (χ1n) is 18.9. The minimum absolute atomic E-state index is 0.130. The predicted molar refractivity (Wildman–Crippen MR) is 184 cm³/mol. The molecule has 0 saturated carbocycles. The van der Waals surface area contributed by atoms with Crippen molar-refractivity contribution in [3.8, 4) is 0 Å². The molecule has 0 heterocycles. The predicted octanol–water partition coefficient (Wildman–Crippen LogP) is 8.39. The molecule has 0 N–H and O–H groups in total. The van der Waals surface area contributed by atoms with E-state index in [4.69, 9.17) is 33.2 Å². The molecule has 0 aromatic heterocycles. The van der Waals surface area contributed by atoms with Gasteiger partial charge in [-0.05, 0) is 12.8 Å². The van der Waals surface area contributed by atoms with Gasteiger partial charge in [0.15, 0.2) is 0 Å². The first-order chi connectivity index (χ1) is 22.7. The molecule has 0 atom stereocenters. The molecule has 0 spiro atoms. The van der Waals surface area contributed by atoms with Crippen LogP contribution >= 0.6 is 0 Å². The average Bonchev–Trinajstić information content (AvgIpc) is 3.06. The molecule has 0 rings (SSSR count). The summed E-state index contributed by atoms with van der Waals surface area (Å²) in [6.45, 7) is 9.55. The maximum atomic E-state index is 11.9. The Morgan fingerprint density at radius 1 is 0.304 bits per heavy atom. The van der Waals surface area contributed by atoms with Crippen LogP contribution in [0.3, 0.4) is 0 Å². The van der Waals surface area contributed by atoms with Crippen molar-refractivity contribution in [1.82, 2.24) is 0 Å². The van der Waals surface area contributed by atoms with E-state index in [0.29, 0.717) is 85.5 Å². The topological polar surface area (TPSA) is 98.8 Å². The van der Waals surface area contributed by atoms with E-state index < -0.39 is 0 Å². The summed E-state index contributed by atoms with van der Waals surface area (Å²) < 4.78 is 37.6. The minimum Gasteiger partial charge on any atom is -0.463 e. The Balaban J connectivity index is 3.18. The zero-order valence-corrected chi connectivity index (χ0v) is 30.0. The Bertz CT molecular complexity index is 618. The highest BCUT2D eigenvalue weighted by Crippen LogP contribution is 2.14. The molecule has 0 saturated heterocycles. The van der Waals surface area contributed by atoms with Crippen LogP contribution in [0.2, 0.25) is 0 Å². The SMILES string of the molecule is CCCCCCCCCCCCCCCCCC(=O)OCCOCCOCCOCCOCCOCCOC(=O)CCCCCC. The van der Waals surface area contributed by atoms with Crippen molar-refractivity contribution in [2.45, 2.75) is 149 Å². The lowest BCUT2D eigenvalue weighted by Gasteiger charge is -2.08. The number of esters is 2. The van der Waals surface area contributed by atoms with Crippen molar-refractivity contribution < 1.29 is 42.7 Å². The molecule has 274 valence electrons. The number of hydrogen-bond acceptors (Lipinski definition) is 9. The van der Waals surface area contributed by atoms with E-state index in [1.165, 1.54) is 83.5 Å². The lowest BCUT2D eigenvalue weighted by molar-refractivity contribution is -0.146. The third-order valence-electron chi connectivity index (χ3n) is 7.69. The summed E-state index contributed by atoms with van der Waals surface area (Å²) in [7, 11) is 0. The standard InChI is InChI=1S/C37H72O9/c1-3-5-7-9-10-11-12-13-14-15-16-17-18-19-21-23-37(39)46-35-33-44-31-29-42-27-25-40-24-26-41-28-30-43-32-34-45-36(38)22-20-8-6-4-2/h3-35H2,1-2H3. The van der Waals surface area contributed by atoms with Crippen molar-refractivity contribution in [1.29, 1.82) is 0 Å². The van der Waals surface area contributed by atoms with Gasteiger partial charge in [0.1, 0.15) is 13.2 Å². The van der Waals surface area contributed by atoms with Crippen molar-refractivity contribution in [2.75, 3.05) is 79.3 Å². The average molecular weight is 661 g/mol. The number of unbranched alkanes of at least 4 members (excludes halogenated alkanes) is 17. The van der Waals surface area contributed by atoms with Gasteiger partial charge in [-0.1, -0.05) is 123 Å². The number of hydrogen-bond donors (Lipinski definition) is 0. The highest BCUT2D eigenvalue weighted by atomic mass is 16.6. The Hall–Kier alpha value is -1.26. The number of ether oxygens (including phenoxy) is 7. The third-order valence-corrected chi connectivity index (χ3v) is 7.69. The second-order valence-corrected chi connectivity index (χ2v) is 12.0. The van der Waals surface area contributed by atoms with Crippen molar-refractivity contribution in [3.05, 3.63) is 0 Å². The van der Waals surface area contributed by atoms with Crippen molar-refractivity contribution >= 4 is 11.9 Å². The van der Waals surface area contributed by atoms with Crippen LogP contribution in [0.15, 0.2) is 0 Å². The van der Waals surface area contributed by atoms with Crippen LogP contribution < -0.4 is 0 Å². The largest absolute Gasteiger partial charge is 0.463 e. The van der Waals surface area contributed by atoms with Gasteiger partial charge in [0.05, 0.1) is 66.1 Å². The molecule has 0 aromatic carbocycles. The number of carbonyl (C=O) groups is 2. The number of rotatable bonds is 39. The zero-order valence-electron chi connectivity index (χ0n) is 30.0.